The van der Waals surface area contributed by atoms with Crippen LogP contribution in [0.25, 0.3) is 0 Å². The normalized spacial score (nSPS) is 12.0. The minimum atomic E-state index is -3.69. The van der Waals surface area contributed by atoms with Gasteiger partial charge >= 0.3 is 0 Å². The van der Waals surface area contributed by atoms with Crippen LogP contribution in [-0.2, 0) is 16.6 Å². The Labute approximate surface area is 114 Å². The second-order valence-corrected chi connectivity index (χ2v) is 6.16. The summed E-state index contributed by atoms with van der Waals surface area (Å²) in [5, 5.41) is 7.25. The first-order valence-electron chi connectivity index (χ1n) is 6.19. The third kappa shape index (κ3) is 3.54. The second-order valence-electron chi connectivity index (χ2n) is 4.28. The molecule has 0 unspecified atom stereocenters. The summed E-state index contributed by atoms with van der Waals surface area (Å²) >= 11 is 0. The molecule has 0 radical (unpaired) electrons. The Kier molecular flexibility index (Phi) is 5.07. The van der Waals surface area contributed by atoms with Crippen molar-refractivity contribution in [1.82, 2.24) is 13.9 Å². The Morgan fingerprint density at radius 3 is 2.63 bits per heavy atom. The fourth-order valence-corrected chi connectivity index (χ4v) is 3.18. The van der Waals surface area contributed by atoms with E-state index in [2.05, 4.69) is 4.98 Å². The molecule has 3 N–H and O–H groups in total. The van der Waals surface area contributed by atoms with Crippen molar-refractivity contribution in [3.63, 3.8) is 0 Å². The Balaban J connectivity index is 3.11. The summed E-state index contributed by atoms with van der Waals surface area (Å²) in [6, 6.07) is 0. The van der Waals surface area contributed by atoms with Crippen LogP contribution in [0.5, 0.6) is 0 Å². The summed E-state index contributed by atoms with van der Waals surface area (Å²) < 4.78 is 27.7. The minimum absolute atomic E-state index is 0.0153. The number of nitrogens with two attached hydrogens (primary N) is 1. The summed E-state index contributed by atoms with van der Waals surface area (Å²) in [5.41, 5.74) is 5.28. The number of nitrogens with one attached hydrogen (secondary N) is 1. The molecule has 0 aliphatic heterocycles. The van der Waals surface area contributed by atoms with Gasteiger partial charge in [0.25, 0.3) is 10.0 Å². The Morgan fingerprint density at radius 2 is 2.16 bits per heavy atom. The van der Waals surface area contributed by atoms with Gasteiger partial charge in [0.15, 0.2) is 5.03 Å². The quantitative estimate of drug-likeness (QED) is 0.564. The van der Waals surface area contributed by atoms with Crippen molar-refractivity contribution in [2.75, 3.05) is 13.1 Å². The highest BCUT2D eigenvalue weighted by Gasteiger charge is 2.26. The molecular weight excluding hydrogens is 266 g/mol. The zero-order valence-corrected chi connectivity index (χ0v) is 12.4. The molecule has 1 rings (SSSR count). The number of nitrogens with zero attached hydrogens (tertiary/aromatic N) is 3. The van der Waals surface area contributed by atoms with Crippen molar-refractivity contribution >= 4 is 15.9 Å². The van der Waals surface area contributed by atoms with Crippen molar-refractivity contribution in [1.29, 1.82) is 5.41 Å². The lowest BCUT2D eigenvalue weighted by atomic mass is 10.5. The number of rotatable bonds is 7. The fraction of sp³-hybridized carbons (Fsp3) is 0.636. The number of sulfonamides is 1. The highest BCUT2D eigenvalue weighted by Crippen LogP contribution is 2.15. The summed E-state index contributed by atoms with van der Waals surface area (Å²) in [5.74, 6) is 0.481. The SMILES string of the molecule is CCCn1cc(S(=O)(=O)N(CC)CC(=N)N)nc1C. The van der Waals surface area contributed by atoms with Gasteiger partial charge < -0.3 is 10.3 Å². The Morgan fingerprint density at radius 1 is 1.53 bits per heavy atom. The lowest BCUT2D eigenvalue weighted by Gasteiger charge is -2.17. The third-order valence-electron chi connectivity index (χ3n) is 2.72. The maximum Gasteiger partial charge on any atom is 0.262 e. The number of hydrogen-bond donors (Lipinski definition) is 2. The Bertz CT molecular complexity index is 549. The van der Waals surface area contributed by atoms with E-state index in [1.807, 2.05) is 11.5 Å². The average Bonchev–Trinajstić information content (AvgIpc) is 2.69. The van der Waals surface area contributed by atoms with Crippen molar-refractivity contribution in [3.05, 3.63) is 12.0 Å². The van der Waals surface area contributed by atoms with Gasteiger partial charge in [0.1, 0.15) is 11.7 Å². The summed E-state index contributed by atoms with van der Waals surface area (Å²) in [4.78, 5) is 4.10. The molecule has 0 spiro atoms. The maximum atomic E-state index is 12.4. The first-order chi connectivity index (χ1) is 8.82. The fourth-order valence-electron chi connectivity index (χ4n) is 1.76. The summed E-state index contributed by atoms with van der Waals surface area (Å²) in [6.45, 7) is 6.36. The molecule has 1 aromatic heterocycles. The zero-order valence-electron chi connectivity index (χ0n) is 11.5. The van der Waals surface area contributed by atoms with Gasteiger partial charge in [-0.3, -0.25) is 5.41 Å². The van der Waals surface area contributed by atoms with E-state index in [-0.39, 0.29) is 24.0 Å². The number of likely N-dealkylation sites (N-methyl/N-ethyl adjacent to an activating group) is 1. The van der Waals surface area contributed by atoms with E-state index >= 15 is 0 Å². The molecule has 0 saturated heterocycles. The molecular formula is C11H21N5O2S. The number of imidazole rings is 1. The molecule has 0 bridgehead atoms. The topological polar surface area (TPSA) is 105 Å². The molecule has 1 aromatic rings. The van der Waals surface area contributed by atoms with E-state index in [1.54, 1.807) is 13.8 Å². The number of amidine groups is 1. The van der Waals surface area contributed by atoms with Crippen molar-refractivity contribution in [2.24, 2.45) is 5.73 Å². The van der Waals surface area contributed by atoms with Crippen molar-refractivity contribution in [3.8, 4) is 0 Å². The van der Waals surface area contributed by atoms with Crippen molar-refractivity contribution in [2.45, 2.75) is 38.8 Å². The van der Waals surface area contributed by atoms with Gasteiger partial charge in [-0.05, 0) is 13.3 Å². The van der Waals surface area contributed by atoms with E-state index in [0.29, 0.717) is 5.82 Å². The van der Waals surface area contributed by atoms with E-state index < -0.39 is 10.0 Å². The van der Waals surface area contributed by atoms with Gasteiger partial charge in [-0.1, -0.05) is 13.8 Å². The second kappa shape index (κ2) is 6.16. The highest BCUT2D eigenvalue weighted by atomic mass is 32.2. The monoisotopic (exact) mass is 287 g/mol. The van der Waals surface area contributed by atoms with Crippen LogP contribution in [0.15, 0.2) is 11.2 Å². The first-order valence-corrected chi connectivity index (χ1v) is 7.63. The van der Waals surface area contributed by atoms with Crippen LogP contribution in [-0.4, -0.2) is 41.2 Å². The molecule has 7 nitrogen and oxygen atoms in total. The standard InChI is InChI=1S/C11H21N5O2S/c1-4-6-15-8-11(14-9(15)3)19(17,18)16(5-2)7-10(12)13/h8H,4-7H2,1-3H3,(H3,12,13). The van der Waals surface area contributed by atoms with Crippen molar-refractivity contribution < 1.29 is 8.42 Å². The van der Waals surface area contributed by atoms with Gasteiger partial charge in [0, 0.05) is 19.3 Å². The molecule has 1 heterocycles. The van der Waals surface area contributed by atoms with E-state index in [9.17, 15) is 8.42 Å². The molecule has 0 atom stereocenters. The van der Waals surface area contributed by atoms with Crippen LogP contribution in [0.4, 0.5) is 0 Å². The van der Waals surface area contributed by atoms with E-state index in [1.165, 1.54) is 6.20 Å². The lowest BCUT2D eigenvalue weighted by molar-refractivity contribution is 0.463. The molecule has 0 aromatic carbocycles. The zero-order chi connectivity index (χ0) is 14.6. The van der Waals surface area contributed by atoms with Crippen LogP contribution < -0.4 is 5.73 Å². The molecule has 0 aliphatic rings. The molecule has 108 valence electrons. The molecule has 8 heteroatoms. The molecule has 19 heavy (non-hydrogen) atoms. The smallest absolute Gasteiger partial charge is 0.262 e. The number of aromatic nitrogens is 2. The molecule has 0 saturated carbocycles. The molecule has 0 amide bonds. The summed E-state index contributed by atoms with van der Waals surface area (Å²) in [7, 11) is -3.69. The van der Waals surface area contributed by atoms with E-state index in [4.69, 9.17) is 11.1 Å². The van der Waals surface area contributed by atoms with Crippen LogP contribution in [0.3, 0.4) is 0 Å². The number of aryl methyl sites for hydroxylation is 2. The lowest BCUT2D eigenvalue weighted by Crippen LogP contribution is -2.38. The van der Waals surface area contributed by atoms with Crippen LogP contribution in [0.1, 0.15) is 26.1 Å². The average molecular weight is 287 g/mol. The van der Waals surface area contributed by atoms with Gasteiger partial charge in [-0.2, -0.15) is 4.31 Å². The third-order valence-corrected chi connectivity index (χ3v) is 4.51. The predicted molar refractivity (Wildman–Crippen MR) is 73.6 cm³/mol. The van der Waals surface area contributed by atoms with Gasteiger partial charge in [-0.25, -0.2) is 13.4 Å². The largest absolute Gasteiger partial charge is 0.387 e. The van der Waals surface area contributed by atoms with Gasteiger partial charge in [-0.15, -0.1) is 0 Å². The van der Waals surface area contributed by atoms with Crippen LogP contribution in [0.2, 0.25) is 0 Å². The predicted octanol–water partition coefficient (Wildman–Crippen LogP) is 0.548. The van der Waals surface area contributed by atoms with Gasteiger partial charge in [0.05, 0.1) is 6.54 Å². The van der Waals surface area contributed by atoms with Crippen LogP contribution >= 0.6 is 0 Å². The minimum Gasteiger partial charge on any atom is -0.387 e. The highest BCUT2D eigenvalue weighted by molar-refractivity contribution is 7.89. The molecule has 0 fully saturated rings. The number of hydrogen-bond acceptors (Lipinski definition) is 4. The maximum absolute atomic E-state index is 12.4. The Hall–Kier alpha value is -1.41. The summed E-state index contributed by atoms with van der Waals surface area (Å²) in [6.07, 6.45) is 2.44. The van der Waals surface area contributed by atoms with Gasteiger partial charge in [0.2, 0.25) is 0 Å². The first kappa shape index (κ1) is 15.6. The van der Waals surface area contributed by atoms with Crippen LogP contribution in [0, 0.1) is 12.3 Å². The molecule has 0 aliphatic carbocycles. The van der Waals surface area contributed by atoms with E-state index in [0.717, 1.165) is 17.3 Å².